The zero-order chi connectivity index (χ0) is 16.2. The van der Waals surface area contributed by atoms with Gasteiger partial charge >= 0.3 is 5.97 Å². The highest BCUT2D eigenvalue weighted by molar-refractivity contribution is 6.10. The second kappa shape index (κ2) is 4.60. The van der Waals surface area contributed by atoms with Crippen LogP contribution in [0.25, 0.3) is 10.9 Å². The number of carboxylic acid groups (broad SMARTS) is 1. The molecule has 2 aliphatic carbocycles. The predicted molar refractivity (Wildman–Crippen MR) is 87.1 cm³/mol. The largest absolute Gasteiger partial charge is 0.480 e. The van der Waals surface area contributed by atoms with Crippen molar-refractivity contribution < 1.29 is 14.7 Å². The molecule has 2 fully saturated rings. The monoisotopic (exact) mass is 312 g/mol. The number of carbonyl (C=O) groups excluding carboxylic acids is 1. The summed E-state index contributed by atoms with van der Waals surface area (Å²) in [5.41, 5.74) is 0.613. The van der Waals surface area contributed by atoms with E-state index < -0.39 is 11.4 Å². The first-order chi connectivity index (χ1) is 10.9. The summed E-state index contributed by atoms with van der Waals surface area (Å²) < 4.78 is 2.01. The van der Waals surface area contributed by atoms with Gasteiger partial charge in [0.2, 0.25) is 5.91 Å². The van der Waals surface area contributed by atoms with Crippen LogP contribution in [0, 0.1) is 10.8 Å². The van der Waals surface area contributed by atoms with E-state index in [-0.39, 0.29) is 11.3 Å². The van der Waals surface area contributed by atoms with Crippen LogP contribution in [0.15, 0.2) is 30.5 Å². The zero-order valence-electron chi connectivity index (χ0n) is 13.1. The van der Waals surface area contributed by atoms with Crippen LogP contribution >= 0.6 is 0 Å². The Bertz CT molecular complexity index is 809. The molecule has 2 N–H and O–H groups in total. The minimum atomic E-state index is -1.24. The first-order valence-corrected chi connectivity index (χ1v) is 8.04. The molecule has 0 saturated heterocycles. The summed E-state index contributed by atoms with van der Waals surface area (Å²) in [6.45, 7) is 0. The molecule has 2 aliphatic rings. The number of benzene rings is 1. The van der Waals surface area contributed by atoms with Gasteiger partial charge in [0.05, 0.1) is 0 Å². The quantitative estimate of drug-likeness (QED) is 0.855. The standard InChI is InChI=1S/C18H20N2O3/c1-20-8-5-12-9-13(3-4-14(12)20)19-15(21)18(16(22)23)10-17(11-18)6-2-7-17/h3-5,8-9H,2,6-7,10-11H2,1H3,(H,19,21)(H,22,23). The molecule has 2 aromatic rings. The van der Waals surface area contributed by atoms with E-state index >= 15 is 0 Å². The molecule has 1 amide bonds. The average Bonchev–Trinajstić information content (AvgIpc) is 2.77. The number of rotatable bonds is 3. The minimum absolute atomic E-state index is 0.124. The molecule has 0 radical (unpaired) electrons. The van der Waals surface area contributed by atoms with E-state index in [2.05, 4.69) is 5.32 Å². The number of aryl methyl sites for hydroxylation is 1. The van der Waals surface area contributed by atoms with Crippen molar-refractivity contribution in [3.8, 4) is 0 Å². The van der Waals surface area contributed by atoms with E-state index in [1.54, 1.807) is 0 Å². The summed E-state index contributed by atoms with van der Waals surface area (Å²) in [4.78, 5) is 24.3. The number of carbonyl (C=O) groups is 2. The lowest BCUT2D eigenvalue weighted by Crippen LogP contribution is -2.59. The van der Waals surface area contributed by atoms with Gasteiger partial charge in [-0.25, -0.2) is 0 Å². The number of fused-ring (bicyclic) bond motifs is 1. The Morgan fingerprint density at radius 2 is 1.96 bits per heavy atom. The average molecular weight is 312 g/mol. The number of amides is 1. The molecule has 5 nitrogen and oxygen atoms in total. The van der Waals surface area contributed by atoms with Gasteiger partial charge in [0, 0.05) is 29.8 Å². The minimum Gasteiger partial charge on any atom is -0.480 e. The Morgan fingerprint density at radius 1 is 1.22 bits per heavy atom. The van der Waals surface area contributed by atoms with Crippen molar-refractivity contribution in [3.05, 3.63) is 30.5 Å². The first kappa shape index (κ1) is 14.3. The molecular weight excluding hydrogens is 292 g/mol. The van der Waals surface area contributed by atoms with Crippen molar-refractivity contribution in [2.75, 3.05) is 5.32 Å². The maximum Gasteiger partial charge on any atom is 0.319 e. The van der Waals surface area contributed by atoms with E-state index in [9.17, 15) is 14.7 Å². The van der Waals surface area contributed by atoms with E-state index in [1.807, 2.05) is 42.1 Å². The Balaban J connectivity index is 1.56. The van der Waals surface area contributed by atoms with Gasteiger partial charge in [0.15, 0.2) is 0 Å². The molecule has 23 heavy (non-hydrogen) atoms. The van der Waals surface area contributed by atoms with Crippen molar-refractivity contribution in [2.45, 2.75) is 32.1 Å². The van der Waals surface area contributed by atoms with E-state index in [0.717, 1.165) is 30.2 Å². The highest BCUT2D eigenvalue weighted by Gasteiger charge is 2.64. The summed E-state index contributed by atoms with van der Waals surface area (Å²) in [6, 6.07) is 7.63. The fourth-order valence-corrected chi connectivity index (χ4v) is 4.28. The van der Waals surface area contributed by atoms with E-state index in [0.29, 0.717) is 18.5 Å². The normalized spacial score (nSPS) is 20.7. The fraction of sp³-hybridized carbons (Fsp3) is 0.444. The van der Waals surface area contributed by atoms with Crippen LogP contribution < -0.4 is 5.32 Å². The summed E-state index contributed by atoms with van der Waals surface area (Å²) in [5, 5.41) is 13.4. The highest BCUT2D eigenvalue weighted by atomic mass is 16.4. The van der Waals surface area contributed by atoms with Crippen molar-refractivity contribution in [1.82, 2.24) is 4.57 Å². The predicted octanol–water partition coefficient (Wildman–Crippen LogP) is 3.15. The number of aliphatic carboxylic acids is 1. The number of nitrogens with one attached hydrogen (secondary N) is 1. The van der Waals surface area contributed by atoms with Gasteiger partial charge in [-0.05, 0) is 55.4 Å². The van der Waals surface area contributed by atoms with E-state index in [4.69, 9.17) is 0 Å². The van der Waals surface area contributed by atoms with Gasteiger partial charge in [-0.2, -0.15) is 0 Å². The first-order valence-electron chi connectivity index (χ1n) is 8.04. The van der Waals surface area contributed by atoms with Gasteiger partial charge in [0.1, 0.15) is 5.41 Å². The van der Waals surface area contributed by atoms with Gasteiger partial charge < -0.3 is 15.0 Å². The maximum atomic E-state index is 12.6. The molecular formula is C18H20N2O3. The Hall–Kier alpha value is -2.30. The lowest BCUT2D eigenvalue weighted by molar-refractivity contribution is -0.178. The molecule has 1 heterocycles. The molecule has 5 heteroatoms. The van der Waals surface area contributed by atoms with Crippen LogP contribution in [0.2, 0.25) is 0 Å². The third-order valence-corrected chi connectivity index (χ3v) is 5.75. The highest BCUT2D eigenvalue weighted by Crippen LogP contribution is 2.64. The summed E-state index contributed by atoms with van der Waals surface area (Å²) in [6.07, 6.45) is 6.20. The Morgan fingerprint density at radius 3 is 2.57 bits per heavy atom. The summed E-state index contributed by atoms with van der Waals surface area (Å²) in [5.74, 6) is -1.37. The van der Waals surface area contributed by atoms with Crippen LogP contribution in [-0.4, -0.2) is 21.6 Å². The molecule has 0 unspecified atom stereocenters. The molecule has 0 aliphatic heterocycles. The number of hydrogen-bond donors (Lipinski definition) is 2. The smallest absolute Gasteiger partial charge is 0.319 e. The number of carboxylic acids is 1. The van der Waals surface area contributed by atoms with Crippen LogP contribution in [0.4, 0.5) is 5.69 Å². The topological polar surface area (TPSA) is 71.3 Å². The zero-order valence-corrected chi connectivity index (χ0v) is 13.1. The second-order valence-corrected chi connectivity index (χ2v) is 7.25. The van der Waals surface area contributed by atoms with Crippen LogP contribution in [0.1, 0.15) is 32.1 Å². The summed E-state index contributed by atoms with van der Waals surface area (Å²) in [7, 11) is 1.96. The van der Waals surface area contributed by atoms with Crippen LogP contribution in [0.3, 0.4) is 0 Å². The van der Waals surface area contributed by atoms with Crippen molar-refractivity contribution in [1.29, 1.82) is 0 Å². The van der Waals surface area contributed by atoms with Crippen molar-refractivity contribution >= 4 is 28.5 Å². The number of anilines is 1. The fourth-order valence-electron chi connectivity index (χ4n) is 4.28. The SMILES string of the molecule is Cn1ccc2cc(NC(=O)C3(C(=O)O)CC4(CCC4)C3)ccc21. The van der Waals surface area contributed by atoms with Crippen molar-refractivity contribution in [3.63, 3.8) is 0 Å². The van der Waals surface area contributed by atoms with Gasteiger partial charge in [-0.15, -0.1) is 0 Å². The molecule has 2 saturated carbocycles. The third kappa shape index (κ3) is 1.99. The number of nitrogens with zero attached hydrogens (tertiary/aromatic N) is 1. The molecule has 1 aromatic carbocycles. The van der Waals surface area contributed by atoms with E-state index in [1.165, 1.54) is 0 Å². The van der Waals surface area contributed by atoms with Crippen molar-refractivity contribution in [2.24, 2.45) is 17.9 Å². The third-order valence-electron chi connectivity index (χ3n) is 5.75. The second-order valence-electron chi connectivity index (χ2n) is 7.25. The van der Waals surface area contributed by atoms with Gasteiger partial charge in [-0.3, -0.25) is 9.59 Å². The van der Waals surface area contributed by atoms with Crippen LogP contribution in [-0.2, 0) is 16.6 Å². The number of hydrogen-bond acceptors (Lipinski definition) is 2. The Labute approximate surface area is 134 Å². The summed E-state index contributed by atoms with van der Waals surface area (Å²) >= 11 is 0. The van der Waals surface area contributed by atoms with Gasteiger partial charge in [0.25, 0.3) is 0 Å². The molecule has 1 aromatic heterocycles. The Kier molecular flexibility index (Phi) is 2.86. The molecule has 1 spiro atoms. The molecule has 4 rings (SSSR count). The van der Waals surface area contributed by atoms with Gasteiger partial charge in [-0.1, -0.05) is 6.42 Å². The molecule has 0 atom stereocenters. The van der Waals surface area contributed by atoms with Crippen LogP contribution in [0.5, 0.6) is 0 Å². The number of aromatic nitrogens is 1. The molecule has 0 bridgehead atoms. The lowest BCUT2D eigenvalue weighted by Gasteiger charge is -2.58. The lowest BCUT2D eigenvalue weighted by atomic mass is 9.45. The molecule has 120 valence electrons. The maximum absolute atomic E-state index is 12.6.